The molecular weight excluding hydrogens is 400 g/mol. The van der Waals surface area contributed by atoms with Crippen LogP contribution in [0.25, 0.3) is 0 Å². The van der Waals surface area contributed by atoms with Gasteiger partial charge in [-0.1, -0.05) is 0 Å². The Morgan fingerprint density at radius 3 is 2.24 bits per heavy atom. The van der Waals surface area contributed by atoms with E-state index in [4.69, 9.17) is 9.47 Å². The molecule has 1 aliphatic rings. The summed E-state index contributed by atoms with van der Waals surface area (Å²) in [4.78, 5) is 32.6. The van der Waals surface area contributed by atoms with Crippen molar-refractivity contribution in [3.63, 3.8) is 0 Å². The largest absolute Gasteiger partial charge is 0.476 e. The van der Waals surface area contributed by atoms with Crippen LogP contribution >= 0.6 is 0 Å². The van der Waals surface area contributed by atoms with Crippen molar-refractivity contribution in [2.75, 3.05) is 22.8 Å². The van der Waals surface area contributed by atoms with E-state index >= 15 is 0 Å². The third kappa shape index (κ3) is 4.45. The number of hydrogen-bond acceptors (Lipinski definition) is 8. The van der Waals surface area contributed by atoms with E-state index in [1.165, 1.54) is 30.5 Å². The van der Waals surface area contributed by atoms with E-state index in [2.05, 4.69) is 14.7 Å². The standard InChI is InChI=1S/C18H20N4O6S/c1-3-27-17-14(11-19-18(20-17)28-4-2)21-29(25,26)13-7-5-12(6-8-13)22-15(23)9-10-16(22)24/h5-8,11,21H,3-4,9-10H2,1-2H3. The zero-order valence-corrected chi connectivity index (χ0v) is 16.7. The van der Waals surface area contributed by atoms with Gasteiger partial charge in [-0.2, -0.15) is 4.98 Å². The van der Waals surface area contributed by atoms with Crippen molar-refractivity contribution in [2.45, 2.75) is 31.6 Å². The van der Waals surface area contributed by atoms with Gasteiger partial charge in [-0.3, -0.25) is 19.2 Å². The van der Waals surface area contributed by atoms with Crippen LogP contribution in [0.3, 0.4) is 0 Å². The number of nitrogens with zero attached hydrogens (tertiary/aromatic N) is 3. The summed E-state index contributed by atoms with van der Waals surface area (Å²) in [7, 11) is -3.99. The van der Waals surface area contributed by atoms with Crippen LogP contribution in [-0.2, 0) is 19.6 Å². The summed E-state index contributed by atoms with van der Waals surface area (Å²) in [6, 6.07) is 5.52. The Balaban J connectivity index is 1.84. The second kappa shape index (κ2) is 8.43. The van der Waals surface area contributed by atoms with Crippen LogP contribution in [0.5, 0.6) is 11.9 Å². The Morgan fingerprint density at radius 2 is 1.66 bits per heavy atom. The molecule has 0 unspecified atom stereocenters. The number of carbonyl (C=O) groups is 2. The number of hydrogen-bond donors (Lipinski definition) is 1. The van der Waals surface area contributed by atoms with Gasteiger partial charge in [-0.05, 0) is 38.1 Å². The van der Waals surface area contributed by atoms with Gasteiger partial charge in [0.05, 0.1) is 30.0 Å². The number of sulfonamides is 1. The summed E-state index contributed by atoms with van der Waals surface area (Å²) in [6.07, 6.45) is 1.56. The van der Waals surface area contributed by atoms with E-state index in [9.17, 15) is 18.0 Å². The third-order valence-electron chi connectivity index (χ3n) is 3.99. The highest BCUT2D eigenvalue weighted by Gasteiger charge is 2.30. The van der Waals surface area contributed by atoms with Crippen LogP contribution in [0.15, 0.2) is 35.4 Å². The molecule has 0 spiro atoms. The highest BCUT2D eigenvalue weighted by atomic mass is 32.2. The van der Waals surface area contributed by atoms with Crippen LogP contribution < -0.4 is 19.1 Å². The molecule has 0 atom stereocenters. The molecule has 1 saturated heterocycles. The molecule has 1 N–H and O–H groups in total. The number of ether oxygens (including phenoxy) is 2. The quantitative estimate of drug-likeness (QED) is 0.640. The molecule has 0 aliphatic carbocycles. The van der Waals surface area contributed by atoms with Gasteiger partial charge >= 0.3 is 6.01 Å². The maximum absolute atomic E-state index is 12.7. The summed E-state index contributed by atoms with van der Waals surface area (Å²) in [6.45, 7) is 4.13. The third-order valence-corrected chi connectivity index (χ3v) is 5.37. The Kier molecular flexibility index (Phi) is 5.97. The number of carbonyl (C=O) groups excluding carboxylic acids is 2. The van der Waals surface area contributed by atoms with Crippen LogP contribution in [-0.4, -0.2) is 43.4 Å². The van der Waals surface area contributed by atoms with E-state index < -0.39 is 10.0 Å². The van der Waals surface area contributed by atoms with Gasteiger partial charge in [-0.25, -0.2) is 13.4 Å². The van der Waals surface area contributed by atoms with E-state index in [-0.39, 0.29) is 53.7 Å². The van der Waals surface area contributed by atoms with Crippen molar-refractivity contribution >= 4 is 33.2 Å². The molecule has 11 heteroatoms. The lowest BCUT2D eigenvalue weighted by molar-refractivity contribution is -0.121. The molecule has 1 aromatic heterocycles. The van der Waals surface area contributed by atoms with Crippen LogP contribution in [0.1, 0.15) is 26.7 Å². The second-order valence-electron chi connectivity index (χ2n) is 5.96. The van der Waals surface area contributed by atoms with Gasteiger partial charge in [0, 0.05) is 12.8 Å². The summed E-state index contributed by atoms with van der Waals surface area (Å²) < 4.78 is 38.4. The van der Waals surface area contributed by atoms with Crippen molar-refractivity contribution in [3.8, 4) is 11.9 Å². The van der Waals surface area contributed by atoms with Gasteiger partial charge in [0.25, 0.3) is 10.0 Å². The van der Waals surface area contributed by atoms with Gasteiger partial charge in [0.2, 0.25) is 17.7 Å². The van der Waals surface area contributed by atoms with Gasteiger partial charge in [-0.15, -0.1) is 0 Å². The summed E-state index contributed by atoms with van der Waals surface area (Å²) in [5.74, 6) is -0.576. The fraction of sp³-hybridized carbons (Fsp3) is 0.333. The zero-order chi connectivity index (χ0) is 21.0. The SMILES string of the molecule is CCOc1ncc(NS(=O)(=O)c2ccc(N3C(=O)CCC3=O)cc2)c(OCC)n1. The second-order valence-corrected chi connectivity index (χ2v) is 7.64. The van der Waals surface area contributed by atoms with E-state index in [1.54, 1.807) is 13.8 Å². The van der Waals surface area contributed by atoms with Crippen LogP contribution in [0.2, 0.25) is 0 Å². The highest BCUT2D eigenvalue weighted by molar-refractivity contribution is 7.92. The fourth-order valence-electron chi connectivity index (χ4n) is 2.71. The van der Waals surface area contributed by atoms with Crippen molar-refractivity contribution in [2.24, 2.45) is 0 Å². The van der Waals surface area contributed by atoms with Crippen LogP contribution in [0, 0.1) is 0 Å². The Labute approximate surface area is 167 Å². The molecule has 3 rings (SSSR count). The number of nitrogens with one attached hydrogen (secondary N) is 1. The minimum Gasteiger partial charge on any atom is -0.476 e. The smallest absolute Gasteiger partial charge is 0.319 e. The average Bonchev–Trinajstić information content (AvgIpc) is 3.02. The molecule has 154 valence electrons. The van der Waals surface area contributed by atoms with Crippen molar-refractivity contribution in [1.29, 1.82) is 0 Å². The molecule has 2 amide bonds. The molecule has 1 fully saturated rings. The van der Waals surface area contributed by atoms with Gasteiger partial charge in [0.15, 0.2) is 0 Å². The van der Waals surface area contributed by atoms with Gasteiger partial charge in [0.1, 0.15) is 5.69 Å². The van der Waals surface area contributed by atoms with Crippen molar-refractivity contribution < 1.29 is 27.5 Å². The van der Waals surface area contributed by atoms with Crippen LogP contribution in [0.4, 0.5) is 11.4 Å². The Morgan fingerprint density at radius 1 is 1.03 bits per heavy atom. The maximum Gasteiger partial charge on any atom is 0.319 e. The number of benzene rings is 1. The summed E-state index contributed by atoms with van der Waals surface area (Å²) in [5.41, 5.74) is 0.389. The maximum atomic E-state index is 12.7. The predicted octanol–water partition coefficient (Wildman–Crippen LogP) is 1.73. The lowest BCUT2D eigenvalue weighted by Crippen LogP contribution is -2.28. The molecule has 10 nitrogen and oxygen atoms in total. The number of rotatable bonds is 8. The van der Waals surface area contributed by atoms with Crippen molar-refractivity contribution in [1.82, 2.24) is 9.97 Å². The highest BCUT2D eigenvalue weighted by Crippen LogP contribution is 2.28. The first kappa shape index (κ1) is 20.5. The first-order valence-corrected chi connectivity index (χ1v) is 10.4. The lowest BCUT2D eigenvalue weighted by Gasteiger charge is -2.15. The molecule has 0 radical (unpaired) electrons. The first-order valence-electron chi connectivity index (χ1n) is 8.97. The molecular formula is C18H20N4O6S. The topological polar surface area (TPSA) is 128 Å². The number of imide groups is 1. The minimum absolute atomic E-state index is 0.0411. The van der Waals surface area contributed by atoms with Crippen molar-refractivity contribution in [3.05, 3.63) is 30.5 Å². The number of anilines is 2. The Bertz CT molecular complexity index is 1010. The van der Waals surface area contributed by atoms with Gasteiger partial charge < -0.3 is 9.47 Å². The zero-order valence-electron chi connectivity index (χ0n) is 15.9. The Hall–Kier alpha value is -3.21. The fourth-order valence-corrected chi connectivity index (χ4v) is 3.75. The first-order chi connectivity index (χ1) is 13.9. The molecule has 0 saturated carbocycles. The van der Waals surface area contributed by atoms with E-state index in [0.717, 1.165) is 4.90 Å². The van der Waals surface area contributed by atoms with E-state index in [0.29, 0.717) is 12.3 Å². The molecule has 29 heavy (non-hydrogen) atoms. The minimum atomic E-state index is -3.99. The molecule has 2 aromatic rings. The normalized spacial score (nSPS) is 14.2. The molecule has 1 aromatic carbocycles. The average molecular weight is 420 g/mol. The predicted molar refractivity (Wildman–Crippen MR) is 103 cm³/mol. The number of aromatic nitrogens is 2. The summed E-state index contributed by atoms with van der Waals surface area (Å²) >= 11 is 0. The number of amides is 2. The molecule has 2 heterocycles. The lowest BCUT2D eigenvalue weighted by atomic mass is 10.3. The molecule has 1 aliphatic heterocycles. The molecule has 0 bridgehead atoms. The van der Waals surface area contributed by atoms with E-state index in [1.807, 2.05) is 0 Å². The summed E-state index contributed by atoms with van der Waals surface area (Å²) in [5, 5.41) is 0. The monoisotopic (exact) mass is 420 g/mol.